The average molecular weight is 396 g/mol. The van der Waals surface area contributed by atoms with Gasteiger partial charge in [-0.15, -0.1) is 0 Å². The average Bonchev–Trinajstić information content (AvgIpc) is 3.25. The molecular formula is C17H17BN6O3S. The van der Waals surface area contributed by atoms with Crippen molar-refractivity contribution in [3.05, 3.63) is 45.8 Å². The van der Waals surface area contributed by atoms with Crippen molar-refractivity contribution in [2.45, 2.75) is 25.6 Å². The Balaban J connectivity index is 0.000000161. The fourth-order valence-electron chi connectivity index (χ4n) is 2.98. The number of nitro groups is 1. The van der Waals surface area contributed by atoms with Crippen LogP contribution in [0.3, 0.4) is 0 Å². The van der Waals surface area contributed by atoms with E-state index in [0.29, 0.717) is 5.69 Å². The minimum Gasteiger partial charge on any atom is -0.365 e. The number of nitro benzene ring substituents is 1. The predicted molar refractivity (Wildman–Crippen MR) is 108 cm³/mol. The van der Waals surface area contributed by atoms with Crippen molar-refractivity contribution in [2.75, 3.05) is 12.4 Å². The molecule has 28 heavy (non-hydrogen) atoms. The van der Waals surface area contributed by atoms with Gasteiger partial charge in [0.25, 0.3) is 12.4 Å². The SMILES string of the molecule is CNc1nc2ccc([N+](=O)[O-])cc2s1.N#CB1CCCn2nc(C=O)cc2C1. The van der Waals surface area contributed by atoms with Crippen LogP contribution in [0.5, 0.6) is 0 Å². The molecule has 1 aromatic carbocycles. The number of aryl methyl sites for hydroxylation is 1. The Morgan fingerprint density at radius 3 is 2.96 bits per heavy atom. The number of fused-ring (bicyclic) bond motifs is 2. The number of hydrogen-bond donors (Lipinski definition) is 1. The quantitative estimate of drug-likeness (QED) is 0.312. The van der Waals surface area contributed by atoms with Gasteiger partial charge in [0, 0.05) is 37.4 Å². The van der Waals surface area contributed by atoms with Crippen LogP contribution in [0.2, 0.25) is 6.32 Å². The van der Waals surface area contributed by atoms with Gasteiger partial charge in [-0.1, -0.05) is 17.7 Å². The minimum absolute atomic E-state index is 0.0763. The van der Waals surface area contributed by atoms with E-state index in [1.54, 1.807) is 19.2 Å². The topological polar surface area (TPSA) is 127 Å². The van der Waals surface area contributed by atoms with Gasteiger partial charge in [-0.05, 0) is 24.9 Å². The van der Waals surface area contributed by atoms with Gasteiger partial charge < -0.3 is 5.32 Å². The first-order chi connectivity index (χ1) is 13.5. The molecule has 1 aliphatic rings. The second-order valence-electron chi connectivity index (χ2n) is 6.25. The highest BCUT2D eigenvalue weighted by Crippen LogP contribution is 2.28. The maximum Gasteiger partial charge on any atom is 0.273 e. The first kappa shape index (κ1) is 19.5. The normalized spacial score (nSPS) is 12.9. The zero-order valence-corrected chi connectivity index (χ0v) is 16.0. The lowest BCUT2D eigenvalue weighted by molar-refractivity contribution is -0.384. The second-order valence-corrected chi connectivity index (χ2v) is 7.28. The van der Waals surface area contributed by atoms with Crippen LogP contribution in [0.4, 0.5) is 10.8 Å². The lowest BCUT2D eigenvalue weighted by Crippen LogP contribution is -2.13. The summed E-state index contributed by atoms with van der Waals surface area (Å²) in [6, 6.07) is 6.43. The Kier molecular flexibility index (Phi) is 6.01. The van der Waals surface area contributed by atoms with Gasteiger partial charge in [-0.2, -0.15) is 5.10 Å². The van der Waals surface area contributed by atoms with Gasteiger partial charge in [0.1, 0.15) is 5.69 Å². The van der Waals surface area contributed by atoms with Crippen molar-refractivity contribution < 1.29 is 9.72 Å². The molecule has 1 aliphatic heterocycles. The molecule has 0 bridgehead atoms. The van der Waals surface area contributed by atoms with E-state index in [1.165, 1.54) is 23.5 Å². The van der Waals surface area contributed by atoms with Crippen LogP contribution < -0.4 is 5.32 Å². The van der Waals surface area contributed by atoms with E-state index in [2.05, 4.69) is 21.4 Å². The third-order valence-corrected chi connectivity index (χ3v) is 5.40. The highest BCUT2D eigenvalue weighted by molar-refractivity contribution is 7.22. The number of nitrogens with zero attached hydrogens (tertiary/aromatic N) is 5. The zero-order valence-electron chi connectivity index (χ0n) is 15.2. The predicted octanol–water partition coefficient (Wildman–Crippen LogP) is 2.98. The Bertz CT molecular complexity index is 1060. The third kappa shape index (κ3) is 4.35. The molecule has 4 rings (SSSR count). The van der Waals surface area contributed by atoms with Crippen molar-refractivity contribution in [1.82, 2.24) is 14.8 Å². The number of rotatable bonds is 3. The van der Waals surface area contributed by atoms with E-state index in [0.717, 1.165) is 52.9 Å². The lowest BCUT2D eigenvalue weighted by Gasteiger charge is -1.99. The Morgan fingerprint density at radius 1 is 1.46 bits per heavy atom. The molecule has 0 aliphatic carbocycles. The molecule has 0 saturated carbocycles. The number of hydrogen-bond acceptors (Lipinski definition) is 8. The first-order valence-corrected chi connectivity index (χ1v) is 9.50. The Labute approximate surface area is 165 Å². The van der Waals surface area contributed by atoms with Crippen molar-refractivity contribution in [3.63, 3.8) is 0 Å². The maximum atomic E-state index is 10.5. The molecule has 9 nitrogen and oxygen atoms in total. The summed E-state index contributed by atoms with van der Waals surface area (Å²) >= 11 is 1.40. The minimum atomic E-state index is -0.405. The van der Waals surface area contributed by atoms with Crippen LogP contribution in [0.15, 0.2) is 24.3 Å². The number of carbonyl (C=O) groups is 1. The third-order valence-electron chi connectivity index (χ3n) is 4.36. The van der Waals surface area contributed by atoms with Gasteiger partial charge in [-0.25, -0.2) is 10.2 Å². The fraction of sp³-hybridized carbons (Fsp3) is 0.294. The Hall–Kier alpha value is -3.26. The van der Waals surface area contributed by atoms with Crippen LogP contribution >= 0.6 is 11.3 Å². The van der Waals surface area contributed by atoms with E-state index >= 15 is 0 Å². The monoisotopic (exact) mass is 396 g/mol. The van der Waals surface area contributed by atoms with Crippen molar-refractivity contribution in [2.24, 2.45) is 0 Å². The lowest BCUT2D eigenvalue weighted by atomic mass is 9.46. The summed E-state index contributed by atoms with van der Waals surface area (Å²) in [6.45, 7) is 0.897. The van der Waals surface area contributed by atoms with Crippen LogP contribution in [-0.4, -0.2) is 39.7 Å². The molecule has 3 heterocycles. The molecule has 11 heteroatoms. The van der Waals surface area contributed by atoms with Gasteiger partial charge in [0.2, 0.25) is 0 Å². The molecule has 0 unspecified atom stereocenters. The number of non-ortho nitro benzene ring substituents is 1. The van der Waals surface area contributed by atoms with Crippen molar-refractivity contribution in [1.29, 1.82) is 5.26 Å². The molecule has 0 atom stereocenters. The molecule has 0 saturated heterocycles. The maximum absolute atomic E-state index is 10.5. The number of aromatic nitrogens is 3. The van der Waals surface area contributed by atoms with Crippen LogP contribution in [0.25, 0.3) is 10.2 Å². The van der Waals surface area contributed by atoms with E-state index < -0.39 is 4.92 Å². The second kappa shape index (κ2) is 8.62. The van der Waals surface area contributed by atoms with Gasteiger partial charge in [-0.3, -0.25) is 19.6 Å². The summed E-state index contributed by atoms with van der Waals surface area (Å²) in [5.74, 6) is 2.28. The number of aldehydes is 1. The van der Waals surface area contributed by atoms with Crippen LogP contribution in [-0.2, 0) is 12.9 Å². The smallest absolute Gasteiger partial charge is 0.273 e. The molecule has 0 fully saturated rings. The standard InChI is InChI=1S/C9H10BN3O.C8H7N3O2S/c11-7-10-2-1-3-13-9(5-10)4-8(6-14)12-13;1-9-8-10-6-3-2-5(11(12)13)4-7(6)14-8/h4,6H,1-3,5H2;2-4H,1H3,(H,9,10). The van der Waals surface area contributed by atoms with E-state index in [9.17, 15) is 14.9 Å². The molecule has 0 amide bonds. The summed E-state index contributed by atoms with van der Waals surface area (Å²) in [5.41, 5.74) is 2.36. The van der Waals surface area contributed by atoms with E-state index in [1.807, 2.05) is 4.68 Å². The summed E-state index contributed by atoms with van der Waals surface area (Å²) in [5, 5.41) is 27.2. The molecule has 0 spiro atoms. The number of nitriles is 1. The number of thiazole rings is 1. The molecule has 1 N–H and O–H groups in total. The van der Waals surface area contributed by atoms with Crippen LogP contribution in [0.1, 0.15) is 22.6 Å². The first-order valence-electron chi connectivity index (χ1n) is 8.68. The van der Waals surface area contributed by atoms with Crippen molar-refractivity contribution >= 4 is 45.4 Å². The highest BCUT2D eigenvalue weighted by atomic mass is 32.1. The molecule has 3 aromatic rings. The number of anilines is 1. The summed E-state index contributed by atoms with van der Waals surface area (Å²) in [6.07, 6.45) is 3.36. The van der Waals surface area contributed by atoms with Gasteiger partial charge in [0.05, 0.1) is 15.1 Å². The van der Waals surface area contributed by atoms with Gasteiger partial charge in [0.15, 0.2) is 11.4 Å². The van der Waals surface area contributed by atoms with Gasteiger partial charge >= 0.3 is 0 Å². The fourth-order valence-corrected chi connectivity index (χ4v) is 3.83. The highest BCUT2D eigenvalue weighted by Gasteiger charge is 2.21. The number of carbonyl (C=O) groups excluding carboxylic acids is 1. The summed E-state index contributed by atoms with van der Waals surface area (Å²) in [4.78, 5) is 24.8. The van der Waals surface area contributed by atoms with Crippen molar-refractivity contribution in [3.8, 4) is 5.97 Å². The molecule has 142 valence electrons. The zero-order chi connectivity index (χ0) is 20.1. The molecule has 2 aromatic heterocycles. The molecule has 0 radical (unpaired) electrons. The van der Waals surface area contributed by atoms with Crippen LogP contribution in [0, 0.1) is 21.3 Å². The van der Waals surface area contributed by atoms with E-state index in [-0.39, 0.29) is 12.4 Å². The van der Waals surface area contributed by atoms with E-state index in [4.69, 9.17) is 5.26 Å². The number of nitrogens with one attached hydrogen (secondary N) is 1. The summed E-state index contributed by atoms with van der Waals surface area (Å²) < 4.78 is 2.67. The molecular weight excluding hydrogens is 379 g/mol. The number of benzene rings is 1. The summed E-state index contributed by atoms with van der Waals surface area (Å²) in [7, 11) is 1.77. The Morgan fingerprint density at radius 2 is 2.29 bits per heavy atom. The largest absolute Gasteiger partial charge is 0.365 e.